The molecule has 0 fully saturated rings. The largest absolute Gasteiger partial charge is 0.508 e. The van der Waals surface area contributed by atoms with E-state index < -0.39 is 0 Å². The van der Waals surface area contributed by atoms with Crippen molar-refractivity contribution >= 4 is 22.7 Å². The van der Waals surface area contributed by atoms with Gasteiger partial charge in [-0.1, -0.05) is 17.7 Å². The Hall–Kier alpha value is -3.05. The number of hydrogen-bond acceptors (Lipinski definition) is 5. The zero-order valence-electron chi connectivity index (χ0n) is 13.2. The van der Waals surface area contributed by atoms with E-state index in [1.807, 2.05) is 19.1 Å². The van der Waals surface area contributed by atoms with Gasteiger partial charge in [-0.2, -0.15) is 0 Å². The highest BCUT2D eigenvalue weighted by Crippen LogP contribution is 2.37. The number of aromatic hydroxyl groups is 1. The molecular weight excluding hydrogens is 340 g/mol. The average Bonchev–Trinajstić information content (AvgIpc) is 2.94. The molecule has 2 heterocycles. The van der Waals surface area contributed by atoms with E-state index in [4.69, 9.17) is 20.8 Å². The SMILES string of the molecule is Cc1c(-c2ccc(Cl)cc2)oc2ncnc(Oc3cccc(O)c3)c12. The number of aromatic nitrogens is 2. The molecule has 2 aromatic heterocycles. The molecule has 0 unspecified atom stereocenters. The van der Waals surface area contributed by atoms with Crippen molar-refractivity contribution in [2.75, 3.05) is 0 Å². The maximum Gasteiger partial charge on any atom is 0.233 e. The van der Waals surface area contributed by atoms with Gasteiger partial charge in [0.2, 0.25) is 11.6 Å². The highest BCUT2D eigenvalue weighted by atomic mass is 35.5. The van der Waals surface area contributed by atoms with Gasteiger partial charge in [-0.3, -0.25) is 0 Å². The zero-order chi connectivity index (χ0) is 17.4. The van der Waals surface area contributed by atoms with E-state index in [2.05, 4.69) is 9.97 Å². The van der Waals surface area contributed by atoms with Crippen LogP contribution in [0.1, 0.15) is 5.56 Å². The predicted octanol–water partition coefficient (Wildman–Crippen LogP) is 5.35. The minimum absolute atomic E-state index is 0.119. The van der Waals surface area contributed by atoms with Crippen molar-refractivity contribution in [3.63, 3.8) is 0 Å². The summed E-state index contributed by atoms with van der Waals surface area (Å²) in [7, 11) is 0. The van der Waals surface area contributed by atoms with Crippen LogP contribution in [0.25, 0.3) is 22.4 Å². The molecule has 0 saturated heterocycles. The minimum atomic E-state index is 0.119. The molecule has 25 heavy (non-hydrogen) atoms. The molecule has 0 atom stereocenters. The number of phenolic OH excluding ortho intramolecular Hbond substituents is 1. The fraction of sp³-hybridized carbons (Fsp3) is 0.0526. The number of furan rings is 1. The van der Waals surface area contributed by atoms with Crippen molar-refractivity contribution < 1.29 is 14.3 Å². The number of halogens is 1. The normalized spacial score (nSPS) is 11.0. The van der Waals surface area contributed by atoms with Gasteiger partial charge in [0.1, 0.15) is 29.0 Å². The van der Waals surface area contributed by atoms with Gasteiger partial charge in [-0.05, 0) is 43.3 Å². The first kappa shape index (κ1) is 15.5. The fourth-order valence-electron chi connectivity index (χ4n) is 2.65. The second kappa shape index (κ2) is 6.11. The monoisotopic (exact) mass is 352 g/mol. The van der Waals surface area contributed by atoms with E-state index in [-0.39, 0.29) is 5.75 Å². The zero-order valence-corrected chi connectivity index (χ0v) is 14.0. The third kappa shape index (κ3) is 2.90. The van der Waals surface area contributed by atoms with Gasteiger partial charge in [0.05, 0.1) is 0 Å². The first-order valence-electron chi connectivity index (χ1n) is 7.59. The lowest BCUT2D eigenvalue weighted by Gasteiger charge is -2.05. The van der Waals surface area contributed by atoms with Crippen LogP contribution in [-0.4, -0.2) is 15.1 Å². The molecule has 0 radical (unpaired) electrons. The molecule has 0 saturated carbocycles. The first-order chi connectivity index (χ1) is 12.1. The Kier molecular flexibility index (Phi) is 3.78. The van der Waals surface area contributed by atoms with Crippen LogP contribution in [0, 0.1) is 6.92 Å². The first-order valence-corrected chi connectivity index (χ1v) is 7.96. The number of benzene rings is 2. The molecule has 0 aliphatic rings. The van der Waals surface area contributed by atoms with Crippen molar-refractivity contribution in [2.24, 2.45) is 0 Å². The van der Waals surface area contributed by atoms with Gasteiger partial charge in [0.15, 0.2) is 0 Å². The number of ether oxygens (including phenoxy) is 1. The van der Waals surface area contributed by atoms with Crippen LogP contribution in [0.4, 0.5) is 0 Å². The van der Waals surface area contributed by atoms with E-state index in [0.717, 1.165) is 11.1 Å². The van der Waals surface area contributed by atoms with E-state index in [1.165, 1.54) is 12.4 Å². The third-order valence-corrected chi connectivity index (χ3v) is 4.08. The molecule has 2 aromatic carbocycles. The number of fused-ring (bicyclic) bond motifs is 1. The van der Waals surface area contributed by atoms with E-state index >= 15 is 0 Å². The average molecular weight is 353 g/mol. The van der Waals surface area contributed by atoms with Crippen LogP contribution in [0.3, 0.4) is 0 Å². The Morgan fingerprint density at radius 3 is 2.64 bits per heavy atom. The highest BCUT2D eigenvalue weighted by Gasteiger charge is 2.19. The van der Waals surface area contributed by atoms with E-state index in [1.54, 1.807) is 30.3 Å². The number of rotatable bonds is 3. The standard InChI is InChI=1S/C19H13ClN2O3/c1-11-16-18(24-15-4-2-3-14(23)9-15)21-10-22-19(16)25-17(11)12-5-7-13(20)8-6-12/h2-10,23H,1H3. The molecule has 4 rings (SSSR count). The summed E-state index contributed by atoms with van der Waals surface area (Å²) in [5, 5.41) is 10.9. The quantitative estimate of drug-likeness (QED) is 0.538. The molecule has 0 aliphatic heterocycles. The molecule has 4 aromatic rings. The second-order valence-corrected chi connectivity index (χ2v) is 5.96. The summed E-state index contributed by atoms with van der Waals surface area (Å²) in [5.41, 5.74) is 2.20. The molecular formula is C19H13ClN2O3. The Balaban J connectivity index is 1.82. The maximum atomic E-state index is 9.59. The van der Waals surface area contributed by atoms with Crippen LogP contribution >= 0.6 is 11.6 Å². The van der Waals surface area contributed by atoms with Gasteiger partial charge < -0.3 is 14.3 Å². The lowest BCUT2D eigenvalue weighted by molar-refractivity contribution is 0.448. The van der Waals surface area contributed by atoms with Crippen molar-refractivity contribution in [2.45, 2.75) is 6.92 Å². The molecule has 6 heteroatoms. The number of aryl methyl sites for hydroxylation is 1. The van der Waals surface area contributed by atoms with Gasteiger partial charge in [-0.15, -0.1) is 0 Å². The van der Waals surface area contributed by atoms with Crippen LogP contribution in [0.15, 0.2) is 59.3 Å². The number of phenols is 1. The fourth-order valence-corrected chi connectivity index (χ4v) is 2.78. The van der Waals surface area contributed by atoms with Crippen molar-refractivity contribution in [3.8, 4) is 28.7 Å². The summed E-state index contributed by atoms with van der Waals surface area (Å²) in [4.78, 5) is 8.41. The Morgan fingerprint density at radius 2 is 1.88 bits per heavy atom. The summed E-state index contributed by atoms with van der Waals surface area (Å²) in [6.07, 6.45) is 1.38. The summed E-state index contributed by atoms with van der Waals surface area (Å²) in [5.74, 6) is 1.66. The van der Waals surface area contributed by atoms with E-state index in [9.17, 15) is 5.11 Å². The summed E-state index contributed by atoms with van der Waals surface area (Å²) < 4.78 is 11.7. The summed E-state index contributed by atoms with van der Waals surface area (Å²) in [6.45, 7) is 1.93. The highest BCUT2D eigenvalue weighted by molar-refractivity contribution is 6.30. The van der Waals surface area contributed by atoms with Gasteiger partial charge in [0.25, 0.3) is 0 Å². The van der Waals surface area contributed by atoms with Crippen LogP contribution in [-0.2, 0) is 0 Å². The van der Waals surface area contributed by atoms with Crippen molar-refractivity contribution in [1.29, 1.82) is 0 Å². The van der Waals surface area contributed by atoms with Gasteiger partial charge >= 0.3 is 0 Å². The Labute approximate surface area is 148 Å². The molecule has 0 amide bonds. The van der Waals surface area contributed by atoms with Crippen LogP contribution in [0.5, 0.6) is 17.4 Å². The number of nitrogens with zero attached hydrogens (tertiary/aromatic N) is 2. The Morgan fingerprint density at radius 1 is 1.08 bits per heavy atom. The summed E-state index contributed by atoms with van der Waals surface area (Å²) >= 11 is 5.95. The predicted molar refractivity (Wildman–Crippen MR) is 95.2 cm³/mol. The maximum absolute atomic E-state index is 9.59. The minimum Gasteiger partial charge on any atom is -0.508 e. The van der Waals surface area contributed by atoms with Crippen LogP contribution < -0.4 is 4.74 Å². The molecule has 0 aliphatic carbocycles. The topological polar surface area (TPSA) is 68.4 Å². The van der Waals surface area contributed by atoms with E-state index in [0.29, 0.717) is 33.5 Å². The van der Waals surface area contributed by atoms with Crippen molar-refractivity contribution in [1.82, 2.24) is 9.97 Å². The number of hydrogen-bond donors (Lipinski definition) is 1. The van der Waals surface area contributed by atoms with Gasteiger partial charge in [0, 0.05) is 22.2 Å². The Bertz CT molecular complexity index is 1060. The van der Waals surface area contributed by atoms with Crippen molar-refractivity contribution in [3.05, 3.63) is 65.4 Å². The van der Waals surface area contributed by atoms with Gasteiger partial charge in [-0.25, -0.2) is 9.97 Å². The smallest absolute Gasteiger partial charge is 0.233 e. The molecule has 5 nitrogen and oxygen atoms in total. The molecule has 0 bridgehead atoms. The molecule has 0 spiro atoms. The van der Waals surface area contributed by atoms with Crippen LogP contribution in [0.2, 0.25) is 5.02 Å². The molecule has 124 valence electrons. The molecule has 1 N–H and O–H groups in total. The summed E-state index contributed by atoms with van der Waals surface area (Å²) in [6, 6.07) is 13.9. The lowest BCUT2D eigenvalue weighted by atomic mass is 10.1. The second-order valence-electron chi connectivity index (χ2n) is 5.52. The lowest BCUT2D eigenvalue weighted by Crippen LogP contribution is -1.90. The third-order valence-electron chi connectivity index (χ3n) is 3.83.